The average molecular weight is 280 g/mol. The van der Waals surface area contributed by atoms with Gasteiger partial charge in [-0.1, -0.05) is 27.2 Å². The van der Waals surface area contributed by atoms with Gasteiger partial charge in [0.25, 0.3) is 0 Å². The highest BCUT2D eigenvalue weighted by Gasteiger charge is 2.34. The summed E-state index contributed by atoms with van der Waals surface area (Å²) < 4.78 is 0. The van der Waals surface area contributed by atoms with Crippen molar-refractivity contribution in [3.8, 4) is 0 Å². The maximum absolute atomic E-state index is 3.34. The third-order valence-corrected chi connectivity index (χ3v) is 6.37. The van der Waals surface area contributed by atoms with E-state index >= 15 is 0 Å². The molecule has 1 aliphatic heterocycles. The van der Waals surface area contributed by atoms with Crippen molar-refractivity contribution in [2.75, 3.05) is 26.7 Å². The van der Waals surface area contributed by atoms with Crippen molar-refractivity contribution >= 4 is 0 Å². The predicted molar refractivity (Wildman–Crippen MR) is 88.0 cm³/mol. The summed E-state index contributed by atoms with van der Waals surface area (Å²) in [5.74, 6) is 1.89. The van der Waals surface area contributed by atoms with Crippen LogP contribution in [0.15, 0.2) is 0 Å². The van der Waals surface area contributed by atoms with Crippen molar-refractivity contribution in [2.24, 2.45) is 17.3 Å². The summed E-state index contributed by atoms with van der Waals surface area (Å²) in [5, 5.41) is 3.34. The standard InChI is InChI=1S/C18H36N2/c1-5-18(2,3)16-6-8-17(9-7-16)20-12-10-15(11-13-20)14-19-4/h15-17,19H,5-14H2,1-4H3. The fraction of sp³-hybridized carbons (Fsp3) is 1.00. The van der Waals surface area contributed by atoms with E-state index in [0.29, 0.717) is 5.41 Å². The lowest BCUT2D eigenvalue weighted by molar-refractivity contribution is 0.0639. The average Bonchev–Trinajstić information content (AvgIpc) is 2.48. The lowest BCUT2D eigenvalue weighted by atomic mass is 9.68. The van der Waals surface area contributed by atoms with Crippen molar-refractivity contribution in [3.63, 3.8) is 0 Å². The highest BCUT2D eigenvalue weighted by molar-refractivity contribution is 4.87. The van der Waals surface area contributed by atoms with Crippen molar-refractivity contribution < 1.29 is 0 Å². The second-order valence-electron chi connectivity index (χ2n) is 7.88. The van der Waals surface area contributed by atoms with E-state index in [2.05, 4.69) is 38.0 Å². The van der Waals surface area contributed by atoms with Crippen LogP contribution in [0.1, 0.15) is 65.7 Å². The molecule has 1 saturated carbocycles. The molecule has 2 rings (SSSR count). The summed E-state index contributed by atoms with van der Waals surface area (Å²) in [4.78, 5) is 2.81. The first kappa shape index (κ1) is 16.3. The van der Waals surface area contributed by atoms with Gasteiger partial charge in [0.1, 0.15) is 0 Å². The van der Waals surface area contributed by atoms with Crippen molar-refractivity contribution in [3.05, 3.63) is 0 Å². The summed E-state index contributed by atoms with van der Waals surface area (Å²) in [6.45, 7) is 11.2. The van der Waals surface area contributed by atoms with E-state index in [1.807, 2.05) is 0 Å². The van der Waals surface area contributed by atoms with Crippen molar-refractivity contribution in [1.82, 2.24) is 10.2 Å². The number of rotatable bonds is 5. The molecule has 1 heterocycles. The van der Waals surface area contributed by atoms with Crippen LogP contribution in [0.3, 0.4) is 0 Å². The molecule has 2 aliphatic rings. The molecule has 20 heavy (non-hydrogen) atoms. The summed E-state index contributed by atoms with van der Waals surface area (Å²) in [7, 11) is 2.09. The van der Waals surface area contributed by atoms with E-state index in [0.717, 1.165) is 17.9 Å². The molecule has 0 spiro atoms. The summed E-state index contributed by atoms with van der Waals surface area (Å²) >= 11 is 0. The molecule has 0 radical (unpaired) electrons. The van der Waals surface area contributed by atoms with Gasteiger partial charge in [0.05, 0.1) is 0 Å². The van der Waals surface area contributed by atoms with Crippen molar-refractivity contribution in [2.45, 2.75) is 71.8 Å². The highest BCUT2D eigenvalue weighted by atomic mass is 15.2. The maximum atomic E-state index is 3.34. The van der Waals surface area contributed by atoms with Gasteiger partial charge in [0.2, 0.25) is 0 Å². The van der Waals surface area contributed by atoms with Gasteiger partial charge < -0.3 is 10.2 Å². The Morgan fingerprint density at radius 3 is 2.10 bits per heavy atom. The first-order chi connectivity index (χ1) is 9.56. The third kappa shape index (κ3) is 3.98. The molecule has 2 nitrogen and oxygen atoms in total. The zero-order valence-corrected chi connectivity index (χ0v) is 14.3. The van der Waals surface area contributed by atoms with Crippen molar-refractivity contribution in [1.29, 1.82) is 0 Å². The Morgan fingerprint density at radius 2 is 1.60 bits per heavy atom. The van der Waals surface area contributed by atoms with Crippen LogP contribution in [0.5, 0.6) is 0 Å². The molecule has 0 aromatic carbocycles. The van der Waals surface area contributed by atoms with Crippen LogP contribution in [-0.2, 0) is 0 Å². The minimum atomic E-state index is 0.560. The van der Waals surface area contributed by atoms with Gasteiger partial charge in [0, 0.05) is 6.04 Å². The monoisotopic (exact) mass is 280 g/mol. The second kappa shape index (κ2) is 7.26. The van der Waals surface area contributed by atoms with Gasteiger partial charge in [0.15, 0.2) is 0 Å². The zero-order chi connectivity index (χ0) is 14.6. The smallest absolute Gasteiger partial charge is 0.00954 e. The Labute approximate surface area is 126 Å². The molecule has 0 amide bonds. The Bertz CT molecular complexity index is 271. The summed E-state index contributed by atoms with van der Waals surface area (Å²) in [6, 6.07) is 0.898. The third-order valence-electron chi connectivity index (χ3n) is 6.37. The molecule has 2 fully saturated rings. The van der Waals surface area contributed by atoms with Crippen LogP contribution >= 0.6 is 0 Å². The van der Waals surface area contributed by atoms with E-state index in [1.54, 1.807) is 0 Å². The number of nitrogens with one attached hydrogen (secondary N) is 1. The molecule has 1 saturated heterocycles. The van der Waals surface area contributed by atoms with Gasteiger partial charge in [-0.2, -0.15) is 0 Å². The lowest BCUT2D eigenvalue weighted by Gasteiger charge is -2.44. The molecule has 0 aromatic heterocycles. The molecule has 1 aliphatic carbocycles. The minimum Gasteiger partial charge on any atom is -0.319 e. The highest BCUT2D eigenvalue weighted by Crippen LogP contribution is 2.41. The summed E-state index contributed by atoms with van der Waals surface area (Å²) in [6.07, 6.45) is 9.96. The molecular weight excluding hydrogens is 244 g/mol. The zero-order valence-electron chi connectivity index (χ0n) is 14.3. The minimum absolute atomic E-state index is 0.560. The number of nitrogens with zero attached hydrogens (tertiary/aromatic N) is 1. The van der Waals surface area contributed by atoms with Crippen LogP contribution in [-0.4, -0.2) is 37.6 Å². The van der Waals surface area contributed by atoms with Crippen LogP contribution in [0.2, 0.25) is 0 Å². The SMILES string of the molecule is CCC(C)(C)C1CCC(N2CCC(CNC)CC2)CC1. The topological polar surface area (TPSA) is 15.3 Å². The van der Waals surface area contributed by atoms with Crippen LogP contribution in [0.4, 0.5) is 0 Å². The largest absolute Gasteiger partial charge is 0.319 e. The molecule has 1 N–H and O–H groups in total. The van der Waals surface area contributed by atoms with Gasteiger partial charge in [-0.05, 0) is 82.5 Å². The molecule has 2 heteroatoms. The quantitative estimate of drug-likeness (QED) is 0.821. The Balaban J connectivity index is 1.75. The van der Waals surface area contributed by atoms with Crippen LogP contribution in [0.25, 0.3) is 0 Å². The number of likely N-dealkylation sites (tertiary alicyclic amines) is 1. The van der Waals surface area contributed by atoms with Gasteiger partial charge >= 0.3 is 0 Å². The first-order valence-corrected chi connectivity index (χ1v) is 8.95. The normalized spacial score (nSPS) is 30.6. The molecule has 0 bridgehead atoms. The molecule has 118 valence electrons. The molecular formula is C18H36N2. The lowest BCUT2D eigenvalue weighted by Crippen LogP contribution is -2.45. The number of hydrogen-bond donors (Lipinski definition) is 1. The van der Waals surface area contributed by atoms with E-state index < -0.39 is 0 Å². The molecule has 0 unspecified atom stereocenters. The Hall–Kier alpha value is -0.0800. The van der Waals surface area contributed by atoms with Crippen LogP contribution in [0, 0.1) is 17.3 Å². The van der Waals surface area contributed by atoms with E-state index in [-0.39, 0.29) is 0 Å². The fourth-order valence-corrected chi connectivity index (χ4v) is 4.32. The molecule has 0 aromatic rings. The Morgan fingerprint density at radius 1 is 1.00 bits per heavy atom. The van der Waals surface area contributed by atoms with Crippen LogP contribution < -0.4 is 5.32 Å². The van der Waals surface area contributed by atoms with Gasteiger partial charge in [-0.15, -0.1) is 0 Å². The maximum Gasteiger partial charge on any atom is 0.00954 e. The van der Waals surface area contributed by atoms with Gasteiger partial charge in [-0.25, -0.2) is 0 Å². The predicted octanol–water partition coefficient (Wildman–Crippen LogP) is 3.91. The van der Waals surface area contributed by atoms with E-state index in [4.69, 9.17) is 0 Å². The first-order valence-electron chi connectivity index (χ1n) is 8.95. The Kier molecular flexibility index (Phi) is 5.92. The number of piperidine rings is 1. The van der Waals surface area contributed by atoms with E-state index in [1.165, 1.54) is 64.6 Å². The summed E-state index contributed by atoms with van der Waals surface area (Å²) in [5.41, 5.74) is 0.560. The fourth-order valence-electron chi connectivity index (χ4n) is 4.32. The second-order valence-corrected chi connectivity index (χ2v) is 7.88. The number of hydrogen-bond acceptors (Lipinski definition) is 2. The van der Waals surface area contributed by atoms with E-state index in [9.17, 15) is 0 Å². The molecule has 0 atom stereocenters. The van der Waals surface area contributed by atoms with Gasteiger partial charge in [-0.3, -0.25) is 0 Å².